The molecule has 1 unspecified atom stereocenters. The highest BCUT2D eigenvalue weighted by Gasteiger charge is 2.06. The van der Waals surface area contributed by atoms with Gasteiger partial charge in [0.25, 0.3) is 0 Å². The van der Waals surface area contributed by atoms with Crippen molar-refractivity contribution < 1.29 is 4.74 Å². The predicted octanol–water partition coefficient (Wildman–Crippen LogP) is 1.63. The molecular weight excluding hydrogens is 216 g/mol. The fourth-order valence-electron chi connectivity index (χ4n) is 1.53. The first-order valence-electron chi connectivity index (χ1n) is 5.88. The number of aromatic nitrogens is 2. The molecule has 96 valence electrons. The molecule has 0 fully saturated rings. The third-order valence-electron chi connectivity index (χ3n) is 2.00. The van der Waals surface area contributed by atoms with Crippen LogP contribution in [0, 0.1) is 0 Å². The fraction of sp³-hybridized carbons (Fsp3) is 0.667. The summed E-state index contributed by atoms with van der Waals surface area (Å²) in [4.78, 5) is 10.6. The second kappa shape index (κ2) is 6.39. The van der Waals surface area contributed by atoms with Crippen molar-refractivity contribution in [3.05, 3.63) is 12.3 Å². The van der Waals surface area contributed by atoms with E-state index in [4.69, 9.17) is 4.74 Å². The summed E-state index contributed by atoms with van der Waals surface area (Å²) in [7, 11) is 4.08. The average molecular weight is 238 g/mol. The van der Waals surface area contributed by atoms with Gasteiger partial charge in [-0.1, -0.05) is 0 Å². The standard InChI is InChI=1S/C12H22N4O/c1-9(2)17-11-6-7-13-12(15-11)14-10(3)8-16(4)5/h6-7,9-10H,8H2,1-5H3,(H,13,14,15). The number of likely N-dealkylation sites (N-methyl/N-ethyl adjacent to an activating group) is 1. The Kier molecular flexibility index (Phi) is 5.15. The molecule has 1 aromatic rings. The fourth-order valence-corrected chi connectivity index (χ4v) is 1.53. The lowest BCUT2D eigenvalue weighted by Crippen LogP contribution is -2.30. The Balaban J connectivity index is 2.59. The second-order valence-corrected chi connectivity index (χ2v) is 4.69. The molecule has 0 saturated heterocycles. The maximum atomic E-state index is 5.52. The zero-order valence-corrected chi connectivity index (χ0v) is 11.3. The molecular formula is C12H22N4O. The van der Waals surface area contributed by atoms with E-state index in [0.717, 1.165) is 6.54 Å². The summed E-state index contributed by atoms with van der Waals surface area (Å²) >= 11 is 0. The van der Waals surface area contributed by atoms with Crippen LogP contribution in [-0.4, -0.2) is 47.7 Å². The smallest absolute Gasteiger partial charge is 0.226 e. The molecule has 0 saturated carbocycles. The van der Waals surface area contributed by atoms with Crippen molar-refractivity contribution in [2.75, 3.05) is 26.0 Å². The van der Waals surface area contributed by atoms with Gasteiger partial charge in [0.05, 0.1) is 6.10 Å². The molecule has 0 aliphatic carbocycles. The van der Waals surface area contributed by atoms with Crippen LogP contribution < -0.4 is 10.1 Å². The van der Waals surface area contributed by atoms with Crippen LogP contribution in [0.5, 0.6) is 5.88 Å². The molecule has 0 radical (unpaired) electrons. The highest BCUT2D eigenvalue weighted by Crippen LogP contribution is 2.10. The Morgan fingerprint density at radius 1 is 1.35 bits per heavy atom. The molecule has 0 aliphatic heterocycles. The minimum Gasteiger partial charge on any atom is -0.475 e. The summed E-state index contributed by atoms with van der Waals surface area (Å²) in [5, 5.41) is 3.24. The van der Waals surface area contributed by atoms with Crippen molar-refractivity contribution in [3.63, 3.8) is 0 Å². The molecule has 0 aliphatic rings. The number of hydrogen-bond acceptors (Lipinski definition) is 5. The Bertz CT molecular complexity index is 341. The molecule has 0 aromatic carbocycles. The Morgan fingerprint density at radius 3 is 2.65 bits per heavy atom. The zero-order chi connectivity index (χ0) is 12.8. The van der Waals surface area contributed by atoms with E-state index in [1.807, 2.05) is 27.9 Å². The lowest BCUT2D eigenvalue weighted by molar-refractivity contribution is 0.232. The average Bonchev–Trinajstić information content (AvgIpc) is 2.14. The summed E-state index contributed by atoms with van der Waals surface area (Å²) in [6, 6.07) is 2.06. The zero-order valence-electron chi connectivity index (χ0n) is 11.3. The summed E-state index contributed by atoms with van der Waals surface area (Å²) in [5.41, 5.74) is 0. The quantitative estimate of drug-likeness (QED) is 0.816. The molecule has 0 bridgehead atoms. The van der Waals surface area contributed by atoms with E-state index in [2.05, 4.69) is 27.1 Å². The Labute approximate surface area is 103 Å². The third kappa shape index (κ3) is 5.49. The van der Waals surface area contributed by atoms with Crippen LogP contribution in [0.15, 0.2) is 12.3 Å². The minimum absolute atomic E-state index is 0.122. The summed E-state index contributed by atoms with van der Waals surface area (Å²) in [6.07, 6.45) is 1.83. The molecule has 1 atom stereocenters. The van der Waals surface area contributed by atoms with Gasteiger partial charge in [0.15, 0.2) is 0 Å². The molecule has 1 rings (SSSR count). The van der Waals surface area contributed by atoms with Crippen LogP contribution in [0.25, 0.3) is 0 Å². The van der Waals surface area contributed by atoms with Gasteiger partial charge in [-0.2, -0.15) is 4.98 Å². The first-order valence-corrected chi connectivity index (χ1v) is 5.88. The second-order valence-electron chi connectivity index (χ2n) is 4.69. The van der Waals surface area contributed by atoms with E-state index < -0.39 is 0 Å². The van der Waals surface area contributed by atoms with Crippen molar-refractivity contribution in [1.82, 2.24) is 14.9 Å². The van der Waals surface area contributed by atoms with Crippen molar-refractivity contribution in [2.45, 2.75) is 32.9 Å². The molecule has 0 spiro atoms. The molecule has 1 aromatic heterocycles. The van der Waals surface area contributed by atoms with Crippen molar-refractivity contribution >= 4 is 5.95 Å². The highest BCUT2D eigenvalue weighted by atomic mass is 16.5. The summed E-state index contributed by atoms with van der Waals surface area (Å²) in [5.74, 6) is 1.21. The molecule has 5 heteroatoms. The molecule has 1 N–H and O–H groups in total. The molecule has 17 heavy (non-hydrogen) atoms. The van der Waals surface area contributed by atoms with Crippen molar-refractivity contribution in [3.8, 4) is 5.88 Å². The van der Waals surface area contributed by atoms with Gasteiger partial charge in [0.1, 0.15) is 0 Å². The summed E-state index contributed by atoms with van der Waals surface area (Å²) < 4.78 is 5.52. The molecule has 0 amide bonds. The van der Waals surface area contributed by atoms with Gasteiger partial charge >= 0.3 is 0 Å². The Morgan fingerprint density at radius 2 is 2.06 bits per heavy atom. The molecule has 1 heterocycles. The largest absolute Gasteiger partial charge is 0.475 e. The highest BCUT2D eigenvalue weighted by molar-refractivity contribution is 5.28. The summed E-state index contributed by atoms with van der Waals surface area (Å²) in [6.45, 7) is 6.98. The van der Waals surface area contributed by atoms with E-state index in [9.17, 15) is 0 Å². The van der Waals surface area contributed by atoms with E-state index in [1.165, 1.54) is 0 Å². The first-order chi connectivity index (χ1) is 7.97. The maximum Gasteiger partial charge on any atom is 0.226 e. The number of hydrogen-bond donors (Lipinski definition) is 1. The van der Waals surface area contributed by atoms with Gasteiger partial charge in [0.2, 0.25) is 11.8 Å². The SMILES string of the molecule is CC(CN(C)C)Nc1nccc(OC(C)C)n1. The lowest BCUT2D eigenvalue weighted by atomic mass is 10.3. The van der Waals surface area contributed by atoms with Crippen LogP contribution in [0.3, 0.4) is 0 Å². The maximum absolute atomic E-state index is 5.52. The lowest BCUT2D eigenvalue weighted by Gasteiger charge is -2.18. The minimum atomic E-state index is 0.122. The van der Waals surface area contributed by atoms with Crippen LogP contribution in [0.2, 0.25) is 0 Å². The van der Waals surface area contributed by atoms with Gasteiger partial charge in [0, 0.05) is 24.8 Å². The van der Waals surface area contributed by atoms with Gasteiger partial charge in [-0.15, -0.1) is 0 Å². The number of nitrogens with one attached hydrogen (secondary N) is 1. The van der Waals surface area contributed by atoms with Crippen molar-refractivity contribution in [1.29, 1.82) is 0 Å². The van der Waals surface area contributed by atoms with Gasteiger partial charge in [-0.25, -0.2) is 4.98 Å². The number of ether oxygens (including phenoxy) is 1. The number of nitrogens with zero attached hydrogens (tertiary/aromatic N) is 3. The van der Waals surface area contributed by atoms with Gasteiger partial charge in [-0.05, 0) is 34.9 Å². The number of rotatable bonds is 6. The normalized spacial score (nSPS) is 12.9. The van der Waals surface area contributed by atoms with E-state index >= 15 is 0 Å². The van der Waals surface area contributed by atoms with Crippen LogP contribution in [0.1, 0.15) is 20.8 Å². The Hall–Kier alpha value is -1.36. The topological polar surface area (TPSA) is 50.3 Å². The van der Waals surface area contributed by atoms with Crippen LogP contribution >= 0.6 is 0 Å². The van der Waals surface area contributed by atoms with Crippen LogP contribution in [0.4, 0.5) is 5.95 Å². The monoisotopic (exact) mass is 238 g/mol. The van der Waals surface area contributed by atoms with Crippen LogP contribution in [-0.2, 0) is 0 Å². The van der Waals surface area contributed by atoms with Gasteiger partial charge in [-0.3, -0.25) is 0 Å². The van der Waals surface area contributed by atoms with E-state index in [-0.39, 0.29) is 6.10 Å². The van der Waals surface area contributed by atoms with Crippen molar-refractivity contribution in [2.24, 2.45) is 0 Å². The van der Waals surface area contributed by atoms with E-state index in [0.29, 0.717) is 17.9 Å². The first kappa shape index (κ1) is 13.7. The molecule has 5 nitrogen and oxygen atoms in total. The van der Waals surface area contributed by atoms with Gasteiger partial charge < -0.3 is 15.0 Å². The predicted molar refractivity (Wildman–Crippen MR) is 69.4 cm³/mol. The third-order valence-corrected chi connectivity index (χ3v) is 2.00. The van der Waals surface area contributed by atoms with E-state index in [1.54, 1.807) is 12.3 Å². The number of anilines is 1.